The van der Waals surface area contributed by atoms with Gasteiger partial charge in [-0.15, -0.1) is 0 Å². The van der Waals surface area contributed by atoms with Crippen LogP contribution in [0.4, 0.5) is 0 Å². The number of unbranched alkanes of at least 4 members (excludes halogenated alkanes) is 8. The van der Waals surface area contributed by atoms with Crippen molar-refractivity contribution in [1.82, 2.24) is 4.90 Å². The first kappa shape index (κ1) is 32.3. The fraction of sp³-hybridized carbons (Fsp3) is 0.810. The molecule has 6 N–H and O–H groups in total. The first-order chi connectivity index (χ1) is 12.8. The van der Waals surface area contributed by atoms with Crippen LogP contribution in [0.15, 0.2) is 12.2 Å². The second-order valence-corrected chi connectivity index (χ2v) is 7.32. The van der Waals surface area contributed by atoms with Gasteiger partial charge in [-0.1, -0.05) is 64.0 Å². The number of primary amides is 2. The fourth-order valence-electron chi connectivity index (χ4n) is 2.54. The zero-order valence-electron chi connectivity index (χ0n) is 19.9. The smallest absolute Gasteiger partial charge is 1.00 e. The molecule has 7 heteroatoms. The van der Waals surface area contributed by atoms with Gasteiger partial charge in [-0.3, -0.25) is 9.59 Å². The summed E-state index contributed by atoms with van der Waals surface area (Å²) in [7, 11) is 4.10. The summed E-state index contributed by atoms with van der Waals surface area (Å²) < 4.78 is 0. The number of hydrogen-bond acceptors (Lipinski definition) is 4. The molecule has 0 heterocycles. The molecule has 0 fully saturated rings. The van der Waals surface area contributed by atoms with Crippen molar-refractivity contribution in [2.24, 2.45) is 23.1 Å². The van der Waals surface area contributed by atoms with E-state index < -0.39 is 17.7 Å². The molecule has 0 aromatic heterocycles. The summed E-state index contributed by atoms with van der Waals surface area (Å²) in [5.74, 6) is -1.54. The molecule has 0 bridgehead atoms. The first-order valence-corrected chi connectivity index (χ1v) is 10.4. The third kappa shape index (κ3) is 27.8. The molecular formula is C21H45N4NaO2. The first-order valence-electron chi connectivity index (χ1n) is 10.4. The maximum absolute atomic E-state index is 11.1. The summed E-state index contributed by atoms with van der Waals surface area (Å²) in [6.07, 6.45) is 15.9. The molecule has 0 saturated carbocycles. The molecule has 0 aromatic carbocycles. The standard InChI is InChI=1S/C16H30N2O2.C5H14N2.Na.H/c1-2-3-4-5-6-7-8-9-10-11-12-14(16(18)20)13-15(17)19;1-7(2)5-3-4-6;;/h11-12,14H,2-10,13H2,1H3,(H2,17,19)(H2,18,20);3-6H2,1-2H3;;/q;;+1;-1. The van der Waals surface area contributed by atoms with Gasteiger partial charge in [0.15, 0.2) is 0 Å². The van der Waals surface area contributed by atoms with Gasteiger partial charge in [0.1, 0.15) is 0 Å². The van der Waals surface area contributed by atoms with Crippen LogP contribution in [-0.4, -0.2) is 43.9 Å². The Labute approximate surface area is 196 Å². The van der Waals surface area contributed by atoms with E-state index >= 15 is 0 Å². The van der Waals surface area contributed by atoms with Gasteiger partial charge >= 0.3 is 29.6 Å². The minimum absolute atomic E-state index is 0. The van der Waals surface area contributed by atoms with Crippen LogP contribution in [0.5, 0.6) is 0 Å². The van der Waals surface area contributed by atoms with Gasteiger partial charge in [0, 0.05) is 6.42 Å². The van der Waals surface area contributed by atoms with Crippen LogP contribution in [0.25, 0.3) is 0 Å². The van der Waals surface area contributed by atoms with E-state index in [-0.39, 0.29) is 37.4 Å². The van der Waals surface area contributed by atoms with Gasteiger partial charge in [-0.05, 0) is 46.4 Å². The third-order valence-electron chi connectivity index (χ3n) is 4.19. The van der Waals surface area contributed by atoms with E-state index in [0.29, 0.717) is 0 Å². The second kappa shape index (κ2) is 24.6. The average molecular weight is 409 g/mol. The largest absolute Gasteiger partial charge is 1.00 e. The van der Waals surface area contributed by atoms with Crippen LogP contribution in [0.3, 0.4) is 0 Å². The molecule has 6 nitrogen and oxygen atoms in total. The van der Waals surface area contributed by atoms with Crippen LogP contribution in [0, 0.1) is 5.92 Å². The minimum atomic E-state index is -0.554. The Bertz CT molecular complexity index is 397. The van der Waals surface area contributed by atoms with Crippen LogP contribution < -0.4 is 46.8 Å². The van der Waals surface area contributed by atoms with Crippen molar-refractivity contribution in [3.63, 3.8) is 0 Å². The Kier molecular flexibility index (Phi) is 28.4. The van der Waals surface area contributed by atoms with E-state index in [1.807, 2.05) is 6.08 Å². The van der Waals surface area contributed by atoms with Crippen LogP contribution >= 0.6 is 0 Å². The van der Waals surface area contributed by atoms with Gasteiger partial charge in [0.2, 0.25) is 11.8 Å². The topological polar surface area (TPSA) is 115 Å². The van der Waals surface area contributed by atoms with Crippen molar-refractivity contribution in [2.45, 2.75) is 77.6 Å². The van der Waals surface area contributed by atoms with Crippen molar-refractivity contribution in [3.05, 3.63) is 12.2 Å². The van der Waals surface area contributed by atoms with Crippen molar-refractivity contribution in [3.8, 4) is 0 Å². The van der Waals surface area contributed by atoms with Crippen molar-refractivity contribution in [1.29, 1.82) is 0 Å². The number of nitrogens with two attached hydrogens (primary N) is 3. The molecule has 0 aliphatic rings. The van der Waals surface area contributed by atoms with Gasteiger partial charge in [-0.2, -0.15) is 0 Å². The Hall–Kier alpha value is -0.400. The Morgan fingerprint density at radius 3 is 1.89 bits per heavy atom. The monoisotopic (exact) mass is 408 g/mol. The maximum Gasteiger partial charge on any atom is 1.00 e. The zero-order valence-corrected chi connectivity index (χ0v) is 20.9. The molecule has 0 rings (SSSR count). The molecule has 0 aliphatic carbocycles. The van der Waals surface area contributed by atoms with Crippen molar-refractivity contribution >= 4 is 11.8 Å². The average Bonchev–Trinajstić information content (AvgIpc) is 2.60. The molecule has 0 spiro atoms. The predicted octanol–water partition coefficient (Wildman–Crippen LogP) is 0.0636. The van der Waals surface area contributed by atoms with E-state index in [1.165, 1.54) is 44.9 Å². The molecule has 162 valence electrons. The quantitative estimate of drug-likeness (QED) is 0.190. The normalized spacial score (nSPS) is 11.6. The number of allylic oxidation sites excluding steroid dienone is 1. The Morgan fingerprint density at radius 1 is 0.964 bits per heavy atom. The maximum atomic E-state index is 11.1. The van der Waals surface area contributed by atoms with E-state index in [2.05, 4.69) is 25.9 Å². The predicted molar refractivity (Wildman–Crippen MR) is 116 cm³/mol. The van der Waals surface area contributed by atoms with Gasteiger partial charge in [-0.25, -0.2) is 0 Å². The minimum Gasteiger partial charge on any atom is -1.00 e. The summed E-state index contributed by atoms with van der Waals surface area (Å²) in [5, 5.41) is 0. The number of amides is 2. The number of carbonyl (C=O) groups is 2. The summed E-state index contributed by atoms with van der Waals surface area (Å²) in [5.41, 5.74) is 15.5. The number of hydrogen-bond donors (Lipinski definition) is 3. The molecular weight excluding hydrogens is 363 g/mol. The van der Waals surface area contributed by atoms with E-state index in [4.69, 9.17) is 17.2 Å². The Morgan fingerprint density at radius 2 is 1.50 bits per heavy atom. The fourth-order valence-corrected chi connectivity index (χ4v) is 2.54. The van der Waals surface area contributed by atoms with E-state index in [1.54, 1.807) is 6.08 Å². The SMILES string of the molecule is CCCCCCCCCCC=CC(CC(N)=O)C(N)=O.CN(C)CCCN.[H-].[Na+]. The van der Waals surface area contributed by atoms with Crippen LogP contribution in [0.2, 0.25) is 0 Å². The summed E-state index contributed by atoms with van der Waals surface area (Å²) >= 11 is 0. The number of carbonyl (C=O) groups excluding carboxylic acids is 2. The molecule has 0 aliphatic heterocycles. The van der Waals surface area contributed by atoms with Crippen molar-refractivity contribution < 1.29 is 40.6 Å². The molecule has 28 heavy (non-hydrogen) atoms. The number of rotatable bonds is 16. The van der Waals surface area contributed by atoms with Gasteiger partial charge in [0.05, 0.1) is 5.92 Å². The molecule has 2 amide bonds. The summed E-state index contributed by atoms with van der Waals surface area (Å²) in [6.45, 7) is 4.14. The summed E-state index contributed by atoms with van der Waals surface area (Å²) in [6, 6.07) is 0. The van der Waals surface area contributed by atoms with Gasteiger partial charge in [0.25, 0.3) is 0 Å². The molecule has 0 radical (unpaired) electrons. The molecule has 1 unspecified atom stereocenters. The summed E-state index contributed by atoms with van der Waals surface area (Å²) in [4.78, 5) is 24.0. The molecule has 0 saturated heterocycles. The Balaban J connectivity index is -0.000000298. The van der Waals surface area contributed by atoms with E-state index in [0.717, 1.165) is 32.4 Å². The number of nitrogens with zero attached hydrogens (tertiary/aromatic N) is 1. The van der Waals surface area contributed by atoms with Gasteiger partial charge < -0.3 is 23.5 Å². The zero-order chi connectivity index (χ0) is 20.9. The van der Waals surface area contributed by atoms with Crippen LogP contribution in [-0.2, 0) is 9.59 Å². The van der Waals surface area contributed by atoms with E-state index in [9.17, 15) is 9.59 Å². The third-order valence-corrected chi connectivity index (χ3v) is 4.19. The van der Waals surface area contributed by atoms with Crippen molar-refractivity contribution in [2.75, 3.05) is 27.2 Å². The van der Waals surface area contributed by atoms with Crippen LogP contribution in [0.1, 0.15) is 79.0 Å². The molecule has 1 atom stereocenters. The second-order valence-electron chi connectivity index (χ2n) is 7.32. The molecule has 0 aromatic rings.